The SMILES string of the molecule is O=C(CC1NC(=O)N(Cc2cccc(Cl)c2)C1=O)NCCc1ccc(O)cc1. The molecule has 1 aliphatic heterocycles. The third kappa shape index (κ3) is 5.01. The van der Waals surface area contributed by atoms with Gasteiger partial charge in [-0.15, -0.1) is 0 Å². The third-order valence-electron chi connectivity index (χ3n) is 4.40. The number of hydrogen-bond acceptors (Lipinski definition) is 4. The van der Waals surface area contributed by atoms with E-state index in [4.69, 9.17) is 11.6 Å². The van der Waals surface area contributed by atoms with Gasteiger partial charge in [-0.05, 0) is 41.8 Å². The standard InChI is InChI=1S/C20H20ClN3O4/c21-15-3-1-2-14(10-15)12-24-19(27)17(23-20(24)28)11-18(26)22-9-8-13-4-6-16(25)7-5-13/h1-7,10,17,25H,8-9,11-12H2,(H,22,26)(H,23,28). The van der Waals surface area contributed by atoms with Gasteiger partial charge in [-0.25, -0.2) is 4.79 Å². The molecule has 1 aliphatic rings. The van der Waals surface area contributed by atoms with Crippen LogP contribution in [0.1, 0.15) is 17.5 Å². The molecule has 7 nitrogen and oxygen atoms in total. The fraction of sp³-hybridized carbons (Fsp3) is 0.250. The fourth-order valence-electron chi connectivity index (χ4n) is 2.95. The molecule has 0 aliphatic carbocycles. The Bertz CT molecular complexity index is 885. The molecule has 0 radical (unpaired) electrons. The van der Waals surface area contributed by atoms with Crippen LogP contribution in [0.4, 0.5) is 4.79 Å². The second-order valence-corrected chi connectivity index (χ2v) is 6.96. The summed E-state index contributed by atoms with van der Waals surface area (Å²) in [6, 6.07) is 12.2. The van der Waals surface area contributed by atoms with Gasteiger partial charge in [0.2, 0.25) is 5.91 Å². The number of halogens is 1. The van der Waals surface area contributed by atoms with E-state index in [1.165, 1.54) is 0 Å². The average molecular weight is 402 g/mol. The van der Waals surface area contributed by atoms with E-state index in [2.05, 4.69) is 10.6 Å². The zero-order chi connectivity index (χ0) is 20.1. The van der Waals surface area contributed by atoms with Crippen molar-refractivity contribution in [2.45, 2.75) is 25.4 Å². The molecule has 0 spiro atoms. The number of phenolic OH excluding ortho intramolecular Hbond substituents is 1. The normalized spacial score (nSPS) is 16.2. The highest BCUT2D eigenvalue weighted by Gasteiger charge is 2.38. The zero-order valence-electron chi connectivity index (χ0n) is 15.0. The molecule has 1 heterocycles. The molecule has 1 unspecified atom stereocenters. The smallest absolute Gasteiger partial charge is 0.325 e. The first-order chi connectivity index (χ1) is 13.4. The van der Waals surface area contributed by atoms with Crippen LogP contribution in [0.15, 0.2) is 48.5 Å². The van der Waals surface area contributed by atoms with Gasteiger partial charge in [0.05, 0.1) is 13.0 Å². The predicted molar refractivity (Wildman–Crippen MR) is 104 cm³/mol. The Morgan fingerprint density at radius 3 is 2.61 bits per heavy atom. The summed E-state index contributed by atoms with van der Waals surface area (Å²) >= 11 is 5.93. The molecule has 2 aromatic rings. The van der Waals surface area contributed by atoms with Gasteiger partial charge in [0.25, 0.3) is 5.91 Å². The maximum atomic E-state index is 12.5. The monoisotopic (exact) mass is 401 g/mol. The first-order valence-corrected chi connectivity index (χ1v) is 9.21. The van der Waals surface area contributed by atoms with Crippen LogP contribution in [0, 0.1) is 0 Å². The van der Waals surface area contributed by atoms with Gasteiger partial charge in [-0.1, -0.05) is 35.9 Å². The van der Waals surface area contributed by atoms with Crippen LogP contribution in [0.3, 0.4) is 0 Å². The minimum Gasteiger partial charge on any atom is -0.508 e. The third-order valence-corrected chi connectivity index (χ3v) is 4.63. The second-order valence-electron chi connectivity index (χ2n) is 6.53. The Morgan fingerprint density at radius 1 is 1.14 bits per heavy atom. The molecule has 1 atom stereocenters. The van der Waals surface area contributed by atoms with Crippen molar-refractivity contribution < 1.29 is 19.5 Å². The summed E-state index contributed by atoms with van der Waals surface area (Å²) in [6.45, 7) is 0.495. The van der Waals surface area contributed by atoms with Crippen LogP contribution in [-0.4, -0.2) is 40.4 Å². The van der Waals surface area contributed by atoms with Gasteiger partial charge in [-0.2, -0.15) is 0 Å². The molecule has 8 heteroatoms. The molecule has 0 bridgehead atoms. The van der Waals surface area contributed by atoms with Crippen molar-refractivity contribution in [3.8, 4) is 5.75 Å². The van der Waals surface area contributed by atoms with E-state index in [9.17, 15) is 19.5 Å². The first-order valence-electron chi connectivity index (χ1n) is 8.83. The molecule has 1 fully saturated rings. The second kappa shape index (κ2) is 8.75. The van der Waals surface area contributed by atoms with Crippen molar-refractivity contribution in [3.05, 3.63) is 64.7 Å². The average Bonchev–Trinajstić information content (AvgIpc) is 2.91. The Hall–Kier alpha value is -3.06. The summed E-state index contributed by atoms with van der Waals surface area (Å²) in [4.78, 5) is 37.8. The number of benzene rings is 2. The molecule has 3 rings (SSSR count). The molecule has 0 aromatic heterocycles. The summed E-state index contributed by atoms with van der Waals surface area (Å²) in [5.74, 6) is -0.564. The van der Waals surface area contributed by atoms with Crippen LogP contribution < -0.4 is 10.6 Å². The topological polar surface area (TPSA) is 98.7 Å². The van der Waals surface area contributed by atoms with E-state index in [1.807, 2.05) is 0 Å². The number of phenols is 1. The zero-order valence-corrected chi connectivity index (χ0v) is 15.8. The van der Waals surface area contributed by atoms with Crippen molar-refractivity contribution in [1.29, 1.82) is 0 Å². The van der Waals surface area contributed by atoms with Crippen LogP contribution in [-0.2, 0) is 22.6 Å². The lowest BCUT2D eigenvalue weighted by Crippen LogP contribution is -2.37. The Labute approximate surface area is 167 Å². The van der Waals surface area contributed by atoms with Gasteiger partial charge < -0.3 is 15.7 Å². The minimum absolute atomic E-state index is 0.101. The predicted octanol–water partition coefficient (Wildman–Crippen LogP) is 2.21. The maximum Gasteiger partial charge on any atom is 0.325 e. The van der Waals surface area contributed by atoms with Gasteiger partial charge in [-0.3, -0.25) is 14.5 Å². The lowest BCUT2D eigenvalue weighted by Gasteiger charge is -2.13. The van der Waals surface area contributed by atoms with E-state index in [-0.39, 0.29) is 24.6 Å². The quantitative estimate of drug-likeness (QED) is 0.619. The lowest BCUT2D eigenvalue weighted by molar-refractivity contribution is -0.131. The first kappa shape index (κ1) is 19.7. The van der Waals surface area contributed by atoms with Crippen LogP contribution in [0.25, 0.3) is 0 Å². The highest BCUT2D eigenvalue weighted by molar-refractivity contribution is 6.30. The minimum atomic E-state index is -0.875. The van der Waals surface area contributed by atoms with Crippen LogP contribution in [0.5, 0.6) is 5.75 Å². The van der Waals surface area contributed by atoms with Crippen LogP contribution in [0.2, 0.25) is 5.02 Å². The van der Waals surface area contributed by atoms with E-state index in [0.29, 0.717) is 18.0 Å². The summed E-state index contributed by atoms with van der Waals surface area (Å²) in [5.41, 5.74) is 1.70. The fourth-order valence-corrected chi connectivity index (χ4v) is 3.16. The molecule has 0 saturated carbocycles. The Balaban J connectivity index is 1.48. The van der Waals surface area contributed by atoms with Crippen molar-refractivity contribution in [2.75, 3.05) is 6.54 Å². The van der Waals surface area contributed by atoms with E-state index in [1.54, 1.807) is 48.5 Å². The molecule has 146 valence electrons. The van der Waals surface area contributed by atoms with E-state index >= 15 is 0 Å². The number of carbonyl (C=O) groups is 3. The number of urea groups is 1. The molecule has 1 saturated heterocycles. The molecule has 4 amide bonds. The number of imide groups is 1. The number of aromatic hydroxyl groups is 1. The summed E-state index contributed by atoms with van der Waals surface area (Å²) in [5, 5.41) is 15.1. The Morgan fingerprint density at radius 2 is 1.89 bits per heavy atom. The highest BCUT2D eigenvalue weighted by atomic mass is 35.5. The van der Waals surface area contributed by atoms with Gasteiger partial charge in [0, 0.05) is 11.6 Å². The van der Waals surface area contributed by atoms with Gasteiger partial charge in [0.1, 0.15) is 11.8 Å². The largest absolute Gasteiger partial charge is 0.508 e. The number of rotatable bonds is 7. The lowest BCUT2D eigenvalue weighted by atomic mass is 10.1. The Kier molecular flexibility index (Phi) is 6.16. The summed E-state index contributed by atoms with van der Waals surface area (Å²) in [7, 11) is 0. The van der Waals surface area contributed by atoms with Gasteiger partial charge >= 0.3 is 6.03 Å². The van der Waals surface area contributed by atoms with Crippen molar-refractivity contribution >= 4 is 29.4 Å². The van der Waals surface area contributed by atoms with Crippen LogP contribution >= 0.6 is 11.6 Å². The number of nitrogens with zero attached hydrogens (tertiary/aromatic N) is 1. The maximum absolute atomic E-state index is 12.5. The molecule has 3 N–H and O–H groups in total. The van der Waals surface area contributed by atoms with Gasteiger partial charge in [0.15, 0.2) is 0 Å². The van der Waals surface area contributed by atoms with E-state index in [0.717, 1.165) is 16.0 Å². The summed E-state index contributed by atoms with van der Waals surface area (Å²) in [6.07, 6.45) is 0.476. The molecule has 2 aromatic carbocycles. The van der Waals surface area contributed by atoms with Crippen molar-refractivity contribution in [1.82, 2.24) is 15.5 Å². The molecular formula is C20H20ClN3O4. The molecular weight excluding hydrogens is 382 g/mol. The number of nitrogens with one attached hydrogen (secondary N) is 2. The van der Waals surface area contributed by atoms with Crippen molar-refractivity contribution in [2.24, 2.45) is 0 Å². The molecule has 28 heavy (non-hydrogen) atoms. The van der Waals surface area contributed by atoms with Crippen molar-refractivity contribution in [3.63, 3.8) is 0 Å². The number of carbonyl (C=O) groups excluding carboxylic acids is 3. The number of hydrogen-bond donors (Lipinski definition) is 3. The van der Waals surface area contributed by atoms with E-state index < -0.39 is 18.0 Å². The number of amides is 4. The highest BCUT2D eigenvalue weighted by Crippen LogP contribution is 2.17. The summed E-state index contributed by atoms with van der Waals surface area (Å²) < 4.78 is 0.